The van der Waals surface area contributed by atoms with E-state index >= 15 is 0 Å². The maximum absolute atomic E-state index is 4.62. The van der Waals surface area contributed by atoms with Crippen LogP contribution in [0.15, 0.2) is 22.7 Å². The second kappa shape index (κ2) is 5.02. The largest absolute Gasteiger partial charge is 0.327 e. The van der Waals surface area contributed by atoms with Crippen LogP contribution in [0.2, 0.25) is 0 Å². The quantitative estimate of drug-likeness (QED) is 0.868. The Labute approximate surface area is 116 Å². The smallest absolute Gasteiger partial charge is 0.106 e. The molecule has 0 unspecified atom stereocenters. The van der Waals surface area contributed by atoms with E-state index in [1.54, 1.807) is 0 Å². The minimum atomic E-state index is 1.04. The Morgan fingerprint density at radius 1 is 1.22 bits per heavy atom. The SMILES string of the molecule is Cc1nc2ccc(Br)cc2n1CCN1CCCC1. The molecular formula is C14H18BrN3. The van der Waals surface area contributed by atoms with E-state index in [1.165, 1.54) is 31.4 Å². The summed E-state index contributed by atoms with van der Waals surface area (Å²) in [5, 5.41) is 0. The Morgan fingerprint density at radius 3 is 2.78 bits per heavy atom. The Bertz CT molecular complexity index is 555. The molecule has 0 spiro atoms. The van der Waals surface area contributed by atoms with Crippen molar-refractivity contribution in [2.75, 3.05) is 19.6 Å². The standard InChI is InChI=1S/C14H18BrN3/c1-11-16-13-5-4-12(15)10-14(13)18(11)9-8-17-6-2-3-7-17/h4-5,10H,2-3,6-9H2,1H3. The summed E-state index contributed by atoms with van der Waals surface area (Å²) in [6, 6.07) is 6.30. The van der Waals surface area contributed by atoms with Crippen LogP contribution in [0.3, 0.4) is 0 Å². The van der Waals surface area contributed by atoms with E-state index in [-0.39, 0.29) is 0 Å². The first kappa shape index (κ1) is 12.2. The van der Waals surface area contributed by atoms with Crippen molar-refractivity contribution in [1.82, 2.24) is 14.5 Å². The Balaban J connectivity index is 1.85. The van der Waals surface area contributed by atoms with Crippen molar-refractivity contribution in [3.63, 3.8) is 0 Å². The van der Waals surface area contributed by atoms with Gasteiger partial charge in [-0.15, -0.1) is 0 Å². The van der Waals surface area contributed by atoms with Gasteiger partial charge in [0.05, 0.1) is 11.0 Å². The van der Waals surface area contributed by atoms with Gasteiger partial charge in [0.2, 0.25) is 0 Å². The van der Waals surface area contributed by atoms with Crippen LogP contribution < -0.4 is 0 Å². The fourth-order valence-electron chi connectivity index (χ4n) is 2.75. The minimum Gasteiger partial charge on any atom is -0.327 e. The molecule has 1 saturated heterocycles. The molecule has 1 aliphatic heterocycles. The molecule has 0 amide bonds. The van der Waals surface area contributed by atoms with Gasteiger partial charge in [-0.3, -0.25) is 0 Å². The van der Waals surface area contributed by atoms with Crippen molar-refractivity contribution in [3.8, 4) is 0 Å². The van der Waals surface area contributed by atoms with Crippen molar-refractivity contribution >= 4 is 27.0 Å². The van der Waals surface area contributed by atoms with E-state index in [2.05, 4.69) is 55.5 Å². The molecule has 4 heteroatoms. The van der Waals surface area contributed by atoms with E-state index in [0.29, 0.717) is 0 Å². The van der Waals surface area contributed by atoms with Crippen LogP contribution >= 0.6 is 15.9 Å². The zero-order chi connectivity index (χ0) is 12.5. The molecule has 0 atom stereocenters. The predicted molar refractivity (Wildman–Crippen MR) is 77.8 cm³/mol. The van der Waals surface area contributed by atoms with Gasteiger partial charge in [-0.05, 0) is 51.1 Å². The van der Waals surface area contributed by atoms with Gasteiger partial charge in [0.1, 0.15) is 5.82 Å². The lowest BCUT2D eigenvalue weighted by Crippen LogP contribution is -2.24. The molecule has 1 aromatic heterocycles. The third-order valence-corrected chi connectivity index (χ3v) is 4.23. The van der Waals surface area contributed by atoms with Crippen molar-refractivity contribution in [3.05, 3.63) is 28.5 Å². The summed E-state index contributed by atoms with van der Waals surface area (Å²) in [5.41, 5.74) is 2.33. The molecule has 3 rings (SSSR count). The molecule has 0 saturated carbocycles. The fraction of sp³-hybridized carbons (Fsp3) is 0.500. The highest BCUT2D eigenvalue weighted by atomic mass is 79.9. The summed E-state index contributed by atoms with van der Waals surface area (Å²) in [4.78, 5) is 7.17. The maximum Gasteiger partial charge on any atom is 0.106 e. The monoisotopic (exact) mass is 307 g/mol. The second-order valence-electron chi connectivity index (χ2n) is 4.99. The summed E-state index contributed by atoms with van der Waals surface area (Å²) in [5.74, 6) is 1.11. The molecule has 0 N–H and O–H groups in total. The van der Waals surface area contributed by atoms with E-state index in [9.17, 15) is 0 Å². The summed E-state index contributed by atoms with van der Waals surface area (Å²) in [6.07, 6.45) is 2.71. The minimum absolute atomic E-state index is 1.04. The first-order chi connectivity index (χ1) is 8.74. The average Bonchev–Trinajstić information content (AvgIpc) is 2.94. The lowest BCUT2D eigenvalue weighted by atomic mass is 10.3. The van der Waals surface area contributed by atoms with Crippen LogP contribution in [-0.2, 0) is 6.54 Å². The number of imidazole rings is 1. The molecule has 0 bridgehead atoms. The summed E-state index contributed by atoms with van der Waals surface area (Å²) < 4.78 is 3.45. The number of fused-ring (bicyclic) bond motifs is 1. The molecule has 2 aromatic rings. The molecule has 1 aromatic carbocycles. The van der Waals surface area contributed by atoms with Crippen LogP contribution in [0, 0.1) is 6.92 Å². The van der Waals surface area contributed by atoms with Crippen molar-refractivity contribution in [1.29, 1.82) is 0 Å². The topological polar surface area (TPSA) is 21.1 Å². The predicted octanol–water partition coefficient (Wildman–Crippen LogP) is 3.20. The zero-order valence-electron chi connectivity index (χ0n) is 10.7. The summed E-state index contributed by atoms with van der Waals surface area (Å²) in [6.45, 7) is 6.79. The number of aromatic nitrogens is 2. The number of hydrogen-bond acceptors (Lipinski definition) is 2. The molecule has 0 radical (unpaired) electrons. The molecular weight excluding hydrogens is 290 g/mol. The summed E-state index contributed by atoms with van der Waals surface area (Å²) >= 11 is 3.54. The molecule has 2 heterocycles. The van der Waals surface area contributed by atoms with Crippen LogP contribution in [0.25, 0.3) is 11.0 Å². The molecule has 0 aliphatic carbocycles. The van der Waals surface area contributed by atoms with Gasteiger partial charge < -0.3 is 9.47 Å². The highest BCUT2D eigenvalue weighted by Gasteiger charge is 2.13. The van der Waals surface area contributed by atoms with Crippen molar-refractivity contribution in [2.24, 2.45) is 0 Å². The van der Waals surface area contributed by atoms with Gasteiger partial charge in [0.15, 0.2) is 0 Å². The lowest BCUT2D eigenvalue weighted by molar-refractivity contribution is 0.323. The van der Waals surface area contributed by atoms with E-state index < -0.39 is 0 Å². The highest BCUT2D eigenvalue weighted by molar-refractivity contribution is 9.10. The third kappa shape index (κ3) is 2.31. The van der Waals surface area contributed by atoms with Gasteiger partial charge in [-0.1, -0.05) is 15.9 Å². The van der Waals surface area contributed by atoms with E-state index in [0.717, 1.165) is 28.9 Å². The number of nitrogens with zero attached hydrogens (tertiary/aromatic N) is 3. The number of benzene rings is 1. The number of rotatable bonds is 3. The molecule has 1 aliphatic rings. The number of aryl methyl sites for hydroxylation is 1. The van der Waals surface area contributed by atoms with Crippen molar-refractivity contribution in [2.45, 2.75) is 26.3 Å². The normalized spacial score (nSPS) is 16.8. The van der Waals surface area contributed by atoms with Crippen LogP contribution in [-0.4, -0.2) is 34.1 Å². The van der Waals surface area contributed by atoms with Crippen molar-refractivity contribution < 1.29 is 0 Å². The first-order valence-corrected chi connectivity index (χ1v) is 7.38. The van der Waals surface area contributed by atoms with Gasteiger partial charge in [0.25, 0.3) is 0 Å². The first-order valence-electron chi connectivity index (χ1n) is 6.59. The Kier molecular flexibility index (Phi) is 3.39. The summed E-state index contributed by atoms with van der Waals surface area (Å²) in [7, 11) is 0. The maximum atomic E-state index is 4.62. The number of hydrogen-bond donors (Lipinski definition) is 0. The number of likely N-dealkylation sites (tertiary alicyclic amines) is 1. The molecule has 1 fully saturated rings. The van der Waals surface area contributed by atoms with Crippen LogP contribution in [0.4, 0.5) is 0 Å². The van der Waals surface area contributed by atoms with Gasteiger partial charge in [0, 0.05) is 17.6 Å². The highest BCUT2D eigenvalue weighted by Crippen LogP contribution is 2.21. The molecule has 96 valence electrons. The van der Waals surface area contributed by atoms with Crippen LogP contribution in [0.5, 0.6) is 0 Å². The lowest BCUT2D eigenvalue weighted by Gasteiger charge is -2.15. The van der Waals surface area contributed by atoms with Crippen LogP contribution in [0.1, 0.15) is 18.7 Å². The fourth-order valence-corrected chi connectivity index (χ4v) is 3.10. The molecule has 18 heavy (non-hydrogen) atoms. The Hall–Kier alpha value is -0.870. The molecule has 3 nitrogen and oxygen atoms in total. The third-order valence-electron chi connectivity index (χ3n) is 3.74. The average molecular weight is 308 g/mol. The van der Waals surface area contributed by atoms with Gasteiger partial charge >= 0.3 is 0 Å². The zero-order valence-corrected chi connectivity index (χ0v) is 12.3. The number of halogens is 1. The van der Waals surface area contributed by atoms with Gasteiger partial charge in [-0.25, -0.2) is 4.98 Å². The van der Waals surface area contributed by atoms with E-state index in [4.69, 9.17) is 0 Å². The van der Waals surface area contributed by atoms with E-state index in [1.807, 2.05) is 0 Å². The van der Waals surface area contributed by atoms with Gasteiger partial charge in [-0.2, -0.15) is 0 Å². The Morgan fingerprint density at radius 2 is 2.00 bits per heavy atom. The second-order valence-corrected chi connectivity index (χ2v) is 5.91.